The molecule has 6 nitrogen and oxygen atoms in total. The molecule has 0 atom stereocenters. The fourth-order valence-electron chi connectivity index (χ4n) is 3.07. The lowest BCUT2D eigenvalue weighted by atomic mass is 9.64. The fraction of sp³-hybridized carbons (Fsp3) is 0.632. The third kappa shape index (κ3) is 3.33. The molecule has 0 aliphatic carbocycles. The standard InChI is InChI=1S/C19H28B2O6/c1-16(2)17(3,4)25-20(24-16)13-10-9-12(15(22)23)11-14(13)21-26-18(5,6)19(7,8)27-21/h9-11H,1-8H3,(H,22,23). The number of carboxylic acid groups (broad SMARTS) is 1. The highest BCUT2D eigenvalue weighted by Gasteiger charge is 2.56. The number of rotatable bonds is 3. The second-order valence-electron chi connectivity index (χ2n) is 9.33. The molecule has 3 rings (SSSR count). The van der Waals surface area contributed by atoms with E-state index in [-0.39, 0.29) is 5.56 Å². The van der Waals surface area contributed by atoms with Gasteiger partial charge >= 0.3 is 20.2 Å². The molecule has 2 fully saturated rings. The van der Waals surface area contributed by atoms with Crippen molar-refractivity contribution in [3.05, 3.63) is 23.8 Å². The average Bonchev–Trinajstić information content (AvgIpc) is 2.86. The molecule has 27 heavy (non-hydrogen) atoms. The van der Waals surface area contributed by atoms with Gasteiger partial charge in [0.25, 0.3) is 0 Å². The molecule has 2 saturated heterocycles. The molecular weight excluding hydrogens is 346 g/mol. The highest BCUT2D eigenvalue weighted by Crippen LogP contribution is 2.38. The first-order valence-electron chi connectivity index (χ1n) is 9.25. The van der Waals surface area contributed by atoms with Gasteiger partial charge < -0.3 is 23.7 Å². The lowest BCUT2D eigenvalue weighted by Crippen LogP contribution is -2.52. The minimum atomic E-state index is -1.01. The van der Waals surface area contributed by atoms with E-state index in [1.165, 1.54) is 0 Å². The zero-order valence-corrected chi connectivity index (χ0v) is 17.4. The molecule has 1 aromatic rings. The smallest absolute Gasteiger partial charge is 0.478 e. The zero-order valence-electron chi connectivity index (χ0n) is 17.4. The molecule has 8 heteroatoms. The van der Waals surface area contributed by atoms with Crippen molar-refractivity contribution in [2.75, 3.05) is 0 Å². The molecule has 0 amide bonds. The Morgan fingerprint density at radius 1 is 0.741 bits per heavy atom. The first-order chi connectivity index (χ1) is 12.2. The van der Waals surface area contributed by atoms with E-state index in [9.17, 15) is 9.90 Å². The Kier molecular flexibility index (Phi) is 4.59. The van der Waals surface area contributed by atoms with Crippen LogP contribution in [0.25, 0.3) is 0 Å². The molecule has 1 N–H and O–H groups in total. The van der Waals surface area contributed by atoms with Crippen LogP contribution in [0.1, 0.15) is 65.7 Å². The van der Waals surface area contributed by atoms with Crippen LogP contribution < -0.4 is 10.9 Å². The predicted octanol–water partition coefficient (Wildman–Crippen LogP) is 1.98. The van der Waals surface area contributed by atoms with E-state index in [2.05, 4.69) is 0 Å². The van der Waals surface area contributed by atoms with Gasteiger partial charge in [-0.2, -0.15) is 0 Å². The van der Waals surface area contributed by atoms with Crippen LogP contribution in [-0.4, -0.2) is 47.7 Å². The van der Waals surface area contributed by atoms with E-state index in [0.29, 0.717) is 5.46 Å². The molecule has 2 aliphatic heterocycles. The molecule has 1 aromatic carbocycles. The van der Waals surface area contributed by atoms with E-state index < -0.39 is 42.6 Å². The lowest BCUT2D eigenvalue weighted by molar-refractivity contribution is 0.00578. The van der Waals surface area contributed by atoms with Crippen LogP contribution in [0.4, 0.5) is 0 Å². The predicted molar refractivity (Wildman–Crippen MR) is 105 cm³/mol. The summed E-state index contributed by atoms with van der Waals surface area (Å²) in [6.07, 6.45) is 0. The summed E-state index contributed by atoms with van der Waals surface area (Å²) in [6.45, 7) is 15.8. The van der Waals surface area contributed by atoms with E-state index in [4.69, 9.17) is 18.6 Å². The Bertz CT molecular complexity index is 739. The molecule has 146 valence electrons. The van der Waals surface area contributed by atoms with Gasteiger partial charge in [-0.25, -0.2) is 4.79 Å². The molecule has 2 aliphatic rings. The van der Waals surface area contributed by atoms with Gasteiger partial charge in [0.1, 0.15) is 0 Å². The number of hydrogen-bond donors (Lipinski definition) is 1. The summed E-state index contributed by atoms with van der Waals surface area (Å²) >= 11 is 0. The molecule has 0 aromatic heterocycles. The summed E-state index contributed by atoms with van der Waals surface area (Å²) < 4.78 is 24.7. The highest BCUT2D eigenvalue weighted by molar-refractivity contribution is 6.74. The summed E-state index contributed by atoms with van der Waals surface area (Å²) in [4.78, 5) is 11.5. The lowest BCUT2D eigenvalue weighted by Gasteiger charge is -2.32. The molecule has 0 spiro atoms. The van der Waals surface area contributed by atoms with E-state index in [1.54, 1.807) is 18.2 Å². The molecule has 0 saturated carbocycles. The van der Waals surface area contributed by atoms with Crippen LogP contribution in [-0.2, 0) is 18.6 Å². The Balaban J connectivity index is 2.05. The van der Waals surface area contributed by atoms with Gasteiger partial charge in [0.05, 0.1) is 28.0 Å². The van der Waals surface area contributed by atoms with Crippen LogP contribution in [0.5, 0.6) is 0 Å². The Labute approximate surface area is 161 Å². The topological polar surface area (TPSA) is 74.2 Å². The summed E-state index contributed by atoms with van der Waals surface area (Å²) in [7, 11) is -1.34. The van der Waals surface area contributed by atoms with Gasteiger partial charge in [0.2, 0.25) is 0 Å². The van der Waals surface area contributed by atoms with Crippen LogP contribution in [0, 0.1) is 0 Å². The van der Waals surface area contributed by atoms with E-state index in [0.717, 1.165) is 5.46 Å². The van der Waals surface area contributed by atoms with Crippen molar-refractivity contribution in [1.29, 1.82) is 0 Å². The van der Waals surface area contributed by atoms with Gasteiger partial charge in [-0.15, -0.1) is 0 Å². The van der Waals surface area contributed by atoms with Crippen molar-refractivity contribution in [2.24, 2.45) is 0 Å². The Hall–Kier alpha value is -1.34. The molecule has 0 radical (unpaired) electrons. The van der Waals surface area contributed by atoms with Crippen molar-refractivity contribution in [3.8, 4) is 0 Å². The van der Waals surface area contributed by atoms with Gasteiger partial charge in [-0.3, -0.25) is 0 Å². The number of aromatic carboxylic acids is 1. The number of hydrogen-bond acceptors (Lipinski definition) is 5. The monoisotopic (exact) mass is 374 g/mol. The van der Waals surface area contributed by atoms with Crippen molar-refractivity contribution >= 4 is 31.1 Å². The first kappa shape index (κ1) is 20.4. The summed E-state index contributed by atoms with van der Waals surface area (Å²) in [5.74, 6) is -1.01. The third-order valence-electron chi connectivity index (χ3n) is 6.35. The number of carbonyl (C=O) groups is 1. The molecule has 0 unspecified atom stereocenters. The summed E-state index contributed by atoms with van der Waals surface area (Å²) in [5.41, 5.74) is -0.579. The van der Waals surface area contributed by atoms with Gasteiger partial charge in [0, 0.05) is 0 Å². The third-order valence-corrected chi connectivity index (χ3v) is 6.35. The highest BCUT2D eigenvalue weighted by atomic mass is 16.7. The van der Waals surface area contributed by atoms with Crippen LogP contribution in [0.2, 0.25) is 0 Å². The number of benzene rings is 1. The zero-order chi connectivity index (χ0) is 20.4. The maximum absolute atomic E-state index is 11.5. The Morgan fingerprint density at radius 2 is 1.11 bits per heavy atom. The van der Waals surface area contributed by atoms with Crippen molar-refractivity contribution in [3.63, 3.8) is 0 Å². The summed E-state index contributed by atoms with van der Waals surface area (Å²) in [5, 5.41) is 9.44. The molecule has 2 heterocycles. The van der Waals surface area contributed by atoms with Crippen molar-refractivity contribution < 1.29 is 28.5 Å². The number of carboxylic acids is 1. The van der Waals surface area contributed by atoms with Crippen LogP contribution >= 0.6 is 0 Å². The summed E-state index contributed by atoms with van der Waals surface area (Å²) in [6, 6.07) is 4.87. The minimum absolute atomic E-state index is 0.167. The Morgan fingerprint density at radius 3 is 1.48 bits per heavy atom. The van der Waals surface area contributed by atoms with Crippen molar-refractivity contribution in [1.82, 2.24) is 0 Å². The van der Waals surface area contributed by atoms with Gasteiger partial charge in [0.15, 0.2) is 0 Å². The van der Waals surface area contributed by atoms with E-state index in [1.807, 2.05) is 55.4 Å². The second-order valence-corrected chi connectivity index (χ2v) is 9.33. The van der Waals surface area contributed by atoms with Gasteiger partial charge in [-0.1, -0.05) is 6.07 Å². The SMILES string of the molecule is CC1(C)OB(c2ccc(C(=O)O)cc2B2OC(C)(C)C(C)(C)O2)OC1(C)C. The largest absolute Gasteiger partial charge is 0.494 e. The van der Waals surface area contributed by atoms with Crippen LogP contribution in [0.3, 0.4) is 0 Å². The maximum Gasteiger partial charge on any atom is 0.494 e. The van der Waals surface area contributed by atoms with E-state index >= 15 is 0 Å². The van der Waals surface area contributed by atoms with Crippen LogP contribution in [0.15, 0.2) is 18.2 Å². The normalized spacial score (nSPS) is 25.0. The fourth-order valence-corrected chi connectivity index (χ4v) is 3.07. The quantitative estimate of drug-likeness (QED) is 0.816. The van der Waals surface area contributed by atoms with Gasteiger partial charge in [-0.05, 0) is 78.4 Å². The molecular formula is C19H28B2O6. The molecule has 0 bridgehead atoms. The maximum atomic E-state index is 11.5. The van der Waals surface area contributed by atoms with Crippen molar-refractivity contribution in [2.45, 2.75) is 77.8 Å². The minimum Gasteiger partial charge on any atom is -0.478 e. The first-order valence-corrected chi connectivity index (χ1v) is 9.25. The average molecular weight is 374 g/mol. The second kappa shape index (κ2) is 6.08.